The van der Waals surface area contributed by atoms with E-state index in [1.807, 2.05) is 24.3 Å². The van der Waals surface area contributed by atoms with Crippen LogP contribution in [0.5, 0.6) is 0 Å². The number of rotatable bonds is 5. The van der Waals surface area contributed by atoms with Gasteiger partial charge in [0.2, 0.25) is 5.91 Å². The standard InChI is InChI=1S/C19H25N7O/c1-13(2)16(17-21-14-8-4-5-9-15(14)22-17)23-18(27)19(10-6-3-7-11-19)26-12-20-24-25-26/h4-5,8-9,12-13,16H,3,6-7,10-11H2,1-2H3,(H,21,22)(H,23,27). The van der Waals surface area contributed by atoms with Gasteiger partial charge in [0.25, 0.3) is 0 Å². The Kier molecular flexibility index (Phi) is 4.63. The molecule has 3 aromatic rings. The van der Waals surface area contributed by atoms with Gasteiger partial charge in [-0.3, -0.25) is 4.79 Å². The molecule has 8 nitrogen and oxygen atoms in total. The second kappa shape index (κ2) is 7.09. The van der Waals surface area contributed by atoms with E-state index in [0.717, 1.165) is 49.0 Å². The molecule has 142 valence electrons. The number of carbonyl (C=O) groups excluding carboxylic acids is 1. The van der Waals surface area contributed by atoms with Crippen molar-refractivity contribution in [1.82, 2.24) is 35.5 Å². The minimum Gasteiger partial charge on any atom is -0.344 e. The van der Waals surface area contributed by atoms with Crippen LogP contribution >= 0.6 is 0 Å². The number of hydrogen-bond acceptors (Lipinski definition) is 5. The van der Waals surface area contributed by atoms with Gasteiger partial charge in [-0.15, -0.1) is 5.10 Å². The molecule has 1 aromatic carbocycles. The minimum absolute atomic E-state index is 0.0337. The van der Waals surface area contributed by atoms with Gasteiger partial charge in [0.1, 0.15) is 17.7 Å². The van der Waals surface area contributed by atoms with Gasteiger partial charge >= 0.3 is 0 Å². The number of H-pyrrole nitrogens is 1. The molecule has 0 aliphatic heterocycles. The molecule has 4 rings (SSSR count). The number of fused-ring (bicyclic) bond motifs is 1. The molecule has 0 bridgehead atoms. The fraction of sp³-hybridized carbons (Fsp3) is 0.526. The SMILES string of the molecule is CC(C)C(NC(=O)C1(n2cnnn2)CCCCC1)c1nc2ccccc2[nH]1. The Bertz CT molecular complexity index is 876. The molecule has 2 aromatic heterocycles. The summed E-state index contributed by atoms with van der Waals surface area (Å²) in [5.41, 5.74) is 1.15. The van der Waals surface area contributed by atoms with Crippen molar-refractivity contribution in [2.24, 2.45) is 5.92 Å². The van der Waals surface area contributed by atoms with Crippen molar-refractivity contribution in [3.63, 3.8) is 0 Å². The van der Waals surface area contributed by atoms with E-state index >= 15 is 0 Å². The molecule has 0 spiro atoms. The van der Waals surface area contributed by atoms with Crippen LogP contribution in [0.1, 0.15) is 57.8 Å². The Hall–Kier alpha value is -2.77. The molecule has 1 amide bonds. The summed E-state index contributed by atoms with van der Waals surface area (Å²) in [7, 11) is 0. The van der Waals surface area contributed by atoms with Crippen molar-refractivity contribution in [1.29, 1.82) is 0 Å². The molecule has 2 heterocycles. The van der Waals surface area contributed by atoms with E-state index < -0.39 is 5.54 Å². The van der Waals surface area contributed by atoms with Gasteiger partial charge in [0.15, 0.2) is 0 Å². The van der Waals surface area contributed by atoms with E-state index in [1.54, 1.807) is 11.0 Å². The summed E-state index contributed by atoms with van der Waals surface area (Å²) in [5.74, 6) is 0.930. The quantitative estimate of drug-likeness (QED) is 0.722. The predicted molar refractivity (Wildman–Crippen MR) is 101 cm³/mol. The largest absolute Gasteiger partial charge is 0.344 e. The molecule has 1 atom stereocenters. The van der Waals surface area contributed by atoms with Crippen LogP contribution in [0, 0.1) is 5.92 Å². The van der Waals surface area contributed by atoms with Gasteiger partial charge in [-0.05, 0) is 41.3 Å². The maximum atomic E-state index is 13.5. The number of aromatic nitrogens is 6. The van der Waals surface area contributed by atoms with Crippen molar-refractivity contribution in [2.75, 3.05) is 0 Å². The Morgan fingerprint density at radius 3 is 2.67 bits per heavy atom. The van der Waals surface area contributed by atoms with Crippen LogP contribution in [0.25, 0.3) is 11.0 Å². The van der Waals surface area contributed by atoms with Crippen LogP contribution < -0.4 is 5.32 Å². The molecule has 1 fully saturated rings. The monoisotopic (exact) mass is 367 g/mol. The summed E-state index contributed by atoms with van der Waals surface area (Å²) in [6.07, 6.45) is 6.16. The summed E-state index contributed by atoms with van der Waals surface area (Å²) >= 11 is 0. The fourth-order valence-electron chi connectivity index (χ4n) is 4.00. The summed E-state index contributed by atoms with van der Waals surface area (Å²) in [4.78, 5) is 21.5. The first-order valence-corrected chi connectivity index (χ1v) is 9.59. The van der Waals surface area contributed by atoms with Crippen LogP contribution in [-0.2, 0) is 10.3 Å². The lowest BCUT2D eigenvalue weighted by molar-refractivity contribution is -0.133. The molecule has 0 radical (unpaired) electrons. The predicted octanol–water partition coefficient (Wildman–Crippen LogP) is 2.72. The molecular formula is C19H25N7O. The Labute approximate surface area is 157 Å². The number of para-hydroxylation sites is 2. The molecule has 27 heavy (non-hydrogen) atoms. The van der Waals surface area contributed by atoms with E-state index in [4.69, 9.17) is 4.98 Å². The highest BCUT2D eigenvalue weighted by Crippen LogP contribution is 2.35. The Balaban J connectivity index is 1.65. The van der Waals surface area contributed by atoms with Gasteiger partial charge in [0, 0.05) is 0 Å². The van der Waals surface area contributed by atoms with Gasteiger partial charge in [-0.1, -0.05) is 45.2 Å². The first-order chi connectivity index (χ1) is 13.1. The zero-order valence-corrected chi connectivity index (χ0v) is 15.7. The van der Waals surface area contributed by atoms with E-state index in [9.17, 15) is 4.79 Å². The Morgan fingerprint density at radius 2 is 2.00 bits per heavy atom. The minimum atomic E-state index is -0.721. The normalized spacial score (nSPS) is 17.9. The average Bonchev–Trinajstić information content (AvgIpc) is 3.35. The zero-order chi connectivity index (χ0) is 18.9. The topological polar surface area (TPSA) is 101 Å². The smallest absolute Gasteiger partial charge is 0.248 e. The maximum Gasteiger partial charge on any atom is 0.248 e. The van der Waals surface area contributed by atoms with Crippen LogP contribution in [0.15, 0.2) is 30.6 Å². The molecule has 0 saturated heterocycles. The van der Waals surface area contributed by atoms with Crippen molar-refractivity contribution in [3.05, 3.63) is 36.4 Å². The Morgan fingerprint density at radius 1 is 1.22 bits per heavy atom. The number of amides is 1. The molecule has 8 heteroatoms. The first kappa shape index (κ1) is 17.6. The number of hydrogen-bond donors (Lipinski definition) is 2. The van der Waals surface area contributed by atoms with E-state index in [0.29, 0.717) is 0 Å². The summed E-state index contributed by atoms with van der Waals surface area (Å²) in [6, 6.07) is 7.69. The van der Waals surface area contributed by atoms with Crippen LogP contribution in [0.4, 0.5) is 0 Å². The van der Waals surface area contributed by atoms with Crippen LogP contribution in [0.3, 0.4) is 0 Å². The lowest BCUT2D eigenvalue weighted by Gasteiger charge is -2.36. The zero-order valence-electron chi connectivity index (χ0n) is 15.7. The maximum absolute atomic E-state index is 13.5. The summed E-state index contributed by atoms with van der Waals surface area (Å²) in [5, 5.41) is 14.8. The van der Waals surface area contributed by atoms with Crippen molar-refractivity contribution < 1.29 is 4.79 Å². The average molecular weight is 367 g/mol. The van der Waals surface area contributed by atoms with Crippen molar-refractivity contribution in [2.45, 2.75) is 57.5 Å². The third kappa shape index (κ3) is 3.20. The van der Waals surface area contributed by atoms with Gasteiger partial charge in [-0.2, -0.15) is 0 Å². The van der Waals surface area contributed by atoms with Crippen molar-refractivity contribution >= 4 is 16.9 Å². The third-order valence-corrected chi connectivity index (χ3v) is 5.55. The second-order valence-corrected chi connectivity index (χ2v) is 7.68. The van der Waals surface area contributed by atoms with Crippen LogP contribution in [-0.4, -0.2) is 36.1 Å². The highest BCUT2D eigenvalue weighted by molar-refractivity contribution is 5.85. The lowest BCUT2D eigenvalue weighted by atomic mass is 9.80. The van der Waals surface area contributed by atoms with E-state index in [1.165, 1.54) is 0 Å². The summed E-state index contributed by atoms with van der Waals surface area (Å²) < 4.78 is 1.64. The van der Waals surface area contributed by atoms with E-state index in [-0.39, 0.29) is 17.9 Å². The highest BCUT2D eigenvalue weighted by Gasteiger charge is 2.43. The summed E-state index contributed by atoms with van der Waals surface area (Å²) in [6.45, 7) is 4.17. The van der Waals surface area contributed by atoms with E-state index in [2.05, 4.69) is 39.7 Å². The number of nitrogens with zero attached hydrogens (tertiary/aromatic N) is 5. The molecule has 1 unspecified atom stereocenters. The fourth-order valence-corrected chi connectivity index (χ4v) is 4.00. The molecule has 1 saturated carbocycles. The van der Waals surface area contributed by atoms with Gasteiger partial charge in [-0.25, -0.2) is 9.67 Å². The van der Waals surface area contributed by atoms with Crippen molar-refractivity contribution in [3.8, 4) is 0 Å². The number of imidazole rings is 1. The number of nitrogens with one attached hydrogen (secondary N) is 2. The number of aromatic amines is 1. The van der Waals surface area contributed by atoms with Gasteiger partial charge < -0.3 is 10.3 Å². The molecular weight excluding hydrogens is 342 g/mol. The van der Waals surface area contributed by atoms with Gasteiger partial charge in [0.05, 0.1) is 17.1 Å². The number of tetrazole rings is 1. The molecule has 1 aliphatic carbocycles. The number of benzene rings is 1. The highest BCUT2D eigenvalue weighted by atomic mass is 16.2. The second-order valence-electron chi connectivity index (χ2n) is 7.68. The van der Waals surface area contributed by atoms with Crippen LogP contribution in [0.2, 0.25) is 0 Å². The third-order valence-electron chi connectivity index (χ3n) is 5.55. The number of carbonyl (C=O) groups is 1. The molecule has 2 N–H and O–H groups in total. The first-order valence-electron chi connectivity index (χ1n) is 9.59. The lowest BCUT2D eigenvalue weighted by Crippen LogP contribution is -2.52. The molecule has 1 aliphatic rings.